The Balaban J connectivity index is 2.24. The zero-order chi connectivity index (χ0) is 14.5. The quantitative estimate of drug-likeness (QED) is 0.485. The summed E-state index contributed by atoms with van der Waals surface area (Å²) in [6.07, 6.45) is 4.26. The van der Waals surface area contributed by atoms with E-state index in [1.165, 1.54) is 12.7 Å². The number of piperidine rings is 1. The minimum absolute atomic E-state index is 0.0161. The van der Waals surface area contributed by atoms with E-state index in [0.717, 1.165) is 39.9 Å². The second-order valence-electron chi connectivity index (χ2n) is 4.65. The van der Waals surface area contributed by atoms with Crippen LogP contribution in [0, 0.1) is 10.1 Å². The van der Waals surface area contributed by atoms with Gasteiger partial charge in [0.1, 0.15) is 0 Å². The zero-order valence-corrected chi connectivity index (χ0v) is 13.5. The third kappa shape index (κ3) is 3.76. The molecule has 0 radical (unpaired) electrons. The SMILES string of the molecule is COc1ccc(C=C2CCCN(PP)C2)cc1[N+](=O)[O-]. The van der Waals surface area contributed by atoms with Crippen LogP contribution in [0.1, 0.15) is 18.4 Å². The highest BCUT2D eigenvalue weighted by molar-refractivity contribution is 8.01. The van der Waals surface area contributed by atoms with Gasteiger partial charge in [0.25, 0.3) is 0 Å². The summed E-state index contributed by atoms with van der Waals surface area (Å²) in [5.74, 6) is 0.300. The van der Waals surface area contributed by atoms with Gasteiger partial charge in [0.15, 0.2) is 5.75 Å². The van der Waals surface area contributed by atoms with Gasteiger partial charge in [-0.3, -0.25) is 14.8 Å². The summed E-state index contributed by atoms with van der Waals surface area (Å²) in [5, 5.41) is 11.0. The van der Waals surface area contributed by atoms with Crippen LogP contribution < -0.4 is 4.74 Å². The van der Waals surface area contributed by atoms with Gasteiger partial charge >= 0.3 is 5.69 Å². The van der Waals surface area contributed by atoms with Gasteiger partial charge in [-0.2, -0.15) is 0 Å². The second kappa shape index (κ2) is 7.12. The summed E-state index contributed by atoms with van der Waals surface area (Å²) in [6, 6.07) is 5.09. The Bertz CT molecular complexity index is 534. The molecule has 1 aliphatic rings. The summed E-state index contributed by atoms with van der Waals surface area (Å²) in [6.45, 7) is 2.07. The summed E-state index contributed by atoms with van der Waals surface area (Å²) < 4.78 is 7.39. The van der Waals surface area contributed by atoms with Gasteiger partial charge in [-0.25, -0.2) is 0 Å². The van der Waals surface area contributed by atoms with Crippen molar-refractivity contribution in [2.45, 2.75) is 12.8 Å². The van der Waals surface area contributed by atoms with Crippen molar-refractivity contribution in [3.8, 4) is 5.75 Å². The molecule has 2 rings (SSSR count). The van der Waals surface area contributed by atoms with E-state index in [1.807, 2.05) is 6.07 Å². The molecule has 0 spiro atoms. The molecule has 1 saturated heterocycles. The maximum Gasteiger partial charge on any atom is 0.311 e. The molecule has 108 valence electrons. The molecule has 2 atom stereocenters. The Morgan fingerprint density at radius 2 is 2.35 bits per heavy atom. The Morgan fingerprint density at radius 3 is 3.00 bits per heavy atom. The number of hydrogen-bond acceptors (Lipinski definition) is 4. The Morgan fingerprint density at radius 1 is 1.55 bits per heavy atom. The van der Waals surface area contributed by atoms with Crippen LogP contribution in [0.25, 0.3) is 6.08 Å². The molecule has 5 nitrogen and oxygen atoms in total. The van der Waals surface area contributed by atoms with Crippen LogP contribution in [-0.2, 0) is 0 Å². The van der Waals surface area contributed by atoms with E-state index in [2.05, 4.69) is 19.7 Å². The molecule has 0 bridgehead atoms. The van der Waals surface area contributed by atoms with E-state index in [-0.39, 0.29) is 5.69 Å². The first-order valence-corrected chi connectivity index (χ1v) is 9.12. The van der Waals surface area contributed by atoms with E-state index in [4.69, 9.17) is 4.74 Å². The molecule has 0 aliphatic carbocycles. The molecule has 0 N–H and O–H groups in total. The number of nitro benzene ring substituents is 1. The van der Waals surface area contributed by atoms with E-state index < -0.39 is 4.92 Å². The molecule has 1 aromatic carbocycles. The molecule has 1 heterocycles. The Hall–Kier alpha value is -1.02. The minimum Gasteiger partial charge on any atom is -0.490 e. The van der Waals surface area contributed by atoms with Gasteiger partial charge in [0.05, 0.1) is 12.0 Å². The lowest BCUT2D eigenvalue weighted by Gasteiger charge is -2.26. The maximum atomic E-state index is 11.0. The highest BCUT2D eigenvalue weighted by Crippen LogP contribution is 2.33. The van der Waals surface area contributed by atoms with Crippen molar-refractivity contribution >= 4 is 29.1 Å². The third-order valence-electron chi connectivity index (χ3n) is 3.27. The van der Waals surface area contributed by atoms with Gasteiger partial charge in [-0.15, -0.1) is 0 Å². The van der Waals surface area contributed by atoms with E-state index in [0.29, 0.717) is 5.75 Å². The average molecular weight is 312 g/mol. The number of hydrogen-bond donors (Lipinski definition) is 0. The predicted octanol–water partition coefficient (Wildman–Crippen LogP) is 3.47. The topological polar surface area (TPSA) is 55.6 Å². The molecule has 20 heavy (non-hydrogen) atoms. The van der Waals surface area contributed by atoms with Crippen molar-refractivity contribution in [2.24, 2.45) is 0 Å². The molecule has 1 aromatic rings. The van der Waals surface area contributed by atoms with Crippen molar-refractivity contribution in [1.29, 1.82) is 0 Å². The first-order valence-electron chi connectivity index (χ1n) is 6.37. The first-order chi connectivity index (χ1) is 9.63. The van der Waals surface area contributed by atoms with Crippen LogP contribution in [0.3, 0.4) is 0 Å². The third-order valence-corrected chi connectivity index (χ3v) is 5.12. The van der Waals surface area contributed by atoms with Gasteiger partial charge in [0, 0.05) is 19.2 Å². The van der Waals surface area contributed by atoms with Gasteiger partial charge in [-0.05, 0) is 32.9 Å². The predicted molar refractivity (Wildman–Crippen MR) is 86.5 cm³/mol. The van der Waals surface area contributed by atoms with Crippen molar-refractivity contribution < 1.29 is 9.66 Å². The summed E-state index contributed by atoms with van der Waals surface area (Å²) in [7, 11) is 4.93. The van der Waals surface area contributed by atoms with Gasteiger partial charge in [-0.1, -0.05) is 26.6 Å². The number of nitrogens with zero attached hydrogens (tertiary/aromatic N) is 2. The molecule has 0 saturated carbocycles. The lowest BCUT2D eigenvalue weighted by molar-refractivity contribution is -0.385. The highest BCUT2D eigenvalue weighted by atomic mass is 32.0. The maximum absolute atomic E-state index is 11.0. The van der Waals surface area contributed by atoms with Crippen molar-refractivity contribution in [3.63, 3.8) is 0 Å². The fourth-order valence-corrected chi connectivity index (χ4v) is 3.55. The van der Waals surface area contributed by atoms with Gasteiger partial charge in [0.2, 0.25) is 0 Å². The molecule has 1 aliphatic heterocycles. The second-order valence-corrected chi connectivity index (χ2v) is 6.31. The normalized spacial score (nSPS) is 18.8. The van der Waals surface area contributed by atoms with Crippen molar-refractivity contribution in [3.05, 3.63) is 39.4 Å². The van der Waals surface area contributed by atoms with Crippen LogP contribution in [0.5, 0.6) is 5.75 Å². The first kappa shape index (κ1) is 15.4. The number of rotatable bonds is 4. The number of nitro groups is 1. The van der Waals surface area contributed by atoms with E-state index in [9.17, 15) is 10.1 Å². The highest BCUT2D eigenvalue weighted by Gasteiger charge is 2.16. The molecular weight excluding hydrogens is 294 g/mol. The van der Waals surface area contributed by atoms with E-state index in [1.54, 1.807) is 12.1 Å². The minimum atomic E-state index is -0.405. The smallest absolute Gasteiger partial charge is 0.311 e. The van der Waals surface area contributed by atoms with Crippen LogP contribution in [0.4, 0.5) is 5.69 Å². The molecule has 0 aromatic heterocycles. The Kier molecular flexibility index (Phi) is 5.47. The summed E-state index contributed by atoms with van der Waals surface area (Å²) in [5.41, 5.74) is 2.20. The van der Waals surface area contributed by atoms with Crippen LogP contribution in [0.15, 0.2) is 23.8 Å². The average Bonchev–Trinajstić information content (AvgIpc) is 2.47. The molecule has 7 heteroatoms. The lowest BCUT2D eigenvalue weighted by Crippen LogP contribution is -2.22. The monoisotopic (exact) mass is 312 g/mol. The van der Waals surface area contributed by atoms with Crippen LogP contribution in [0.2, 0.25) is 0 Å². The van der Waals surface area contributed by atoms with Gasteiger partial charge < -0.3 is 4.74 Å². The standard InChI is InChI=1S/C13H18N2O3P2/c1-18-13-5-4-10(8-12(13)15(16)17)7-11-3-2-6-14(9-11)20-19/h4-5,7-8,20H,2-3,6,9,19H2,1H3. The molecular formula is C13H18N2O3P2. The summed E-state index contributed by atoms with van der Waals surface area (Å²) in [4.78, 5) is 10.6. The Labute approximate surface area is 122 Å². The molecule has 1 fully saturated rings. The lowest BCUT2D eigenvalue weighted by atomic mass is 10.0. The number of ether oxygens (including phenoxy) is 1. The fraction of sp³-hybridized carbons (Fsp3) is 0.385. The zero-order valence-electron chi connectivity index (χ0n) is 11.3. The van der Waals surface area contributed by atoms with Crippen molar-refractivity contribution in [1.82, 2.24) is 4.67 Å². The van der Waals surface area contributed by atoms with E-state index >= 15 is 0 Å². The molecule has 0 amide bonds. The van der Waals surface area contributed by atoms with Crippen LogP contribution >= 0.6 is 17.3 Å². The van der Waals surface area contributed by atoms with Crippen molar-refractivity contribution in [2.75, 3.05) is 20.2 Å². The number of methoxy groups -OCH3 is 1. The summed E-state index contributed by atoms with van der Waals surface area (Å²) >= 11 is 0. The molecule has 2 unspecified atom stereocenters. The van der Waals surface area contributed by atoms with Crippen LogP contribution in [-0.4, -0.2) is 29.8 Å². The number of benzene rings is 1. The fourth-order valence-electron chi connectivity index (χ4n) is 2.30. The largest absolute Gasteiger partial charge is 0.490 e.